The predicted molar refractivity (Wildman–Crippen MR) is 114 cm³/mol. The minimum absolute atomic E-state index is 0.0165. The van der Waals surface area contributed by atoms with E-state index in [-0.39, 0.29) is 22.4 Å². The summed E-state index contributed by atoms with van der Waals surface area (Å²) in [5, 5.41) is 14.4. The lowest BCUT2D eigenvalue weighted by Gasteiger charge is -2.32. The van der Waals surface area contributed by atoms with Crippen LogP contribution in [0.4, 0.5) is 11.4 Å². The Morgan fingerprint density at radius 2 is 1.80 bits per heavy atom. The van der Waals surface area contributed by atoms with E-state index in [1.807, 2.05) is 36.1 Å². The molecule has 2 aromatic rings. The number of rotatable bonds is 6. The highest BCUT2D eigenvalue weighted by atomic mass is 32.2. The van der Waals surface area contributed by atoms with E-state index in [1.165, 1.54) is 12.1 Å². The van der Waals surface area contributed by atoms with E-state index in [0.717, 1.165) is 23.4 Å². The molecule has 9 heteroatoms. The number of nitro benzene ring substituents is 1. The van der Waals surface area contributed by atoms with Crippen molar-refractivity contribution in [1.82, 2.24) is 5.32 Å². The number of nitro groups is 1. The molecule has 0 unspecified atom stereocenters. The van der Waals surface area contributed by atoms with E-state index in [2.05, 4.69) is 5.32 Å². The van der Waals surface area contributed by atoms with Gasteiger partial charge < -0.3 is 10.2 Å². The fourth-order valence-corrected chi connectivity index (χ4v) is 4.21. The van der Waals surface area contributed by atoms with Crippen molar-refractivity contribution in [1.29, 1.82) is 0 Å². The van der Waals surface area contributed by atoms with Crippen molar-refractivity contribution in [2.75, 3.05) is 24.2 Å². The van der Waals surface area contributed by atoms with E-state index in [1.54, 1.807) is 0 Å². The van der Waals surface area contributed by atoms with Gasteiger partial charge in [-0.1, -0.05) is 29.8 Å². The summed E-state index contributed by atoms with van der Waals surface area (Å²) in [6.07, 6.45) is 2.17. The molecule has 30 heavy (non-hydrogen) atoms. The number of aryl methyl sites for hydroxylation is 1. The highest BCUT2D eigenvalue weighted by Crippen LogP contribution is 2.33. The lowest BCUT2D eigenvalue weighted by atomic mass is 9.95. The molecule has 0 atom stereocenters. The monoisotopic (exact) mass is 431 g/mol. The van der Waals surface area contributed by atoms with E-state index >= 15 is 0 Å². The Hall–Kier alpha value is -2.94. The van der Waals surface area contributed by atoms with Crippen LogP contribution in [0.2, 0.25) is 0 Å². The van der Waals surface area contributed by atoms with Gasteiger partial charge in [-0.25, -0.2) is 8.42 Å². The molecule has 160 valence electrons. The number of anilines is 1. The number of piperidine rings is 1. The Morgan fingerprint density at radius 1 is 1.17 bits per heavy atom. The quantitative estimate of drug-likeness (QED) is 0.556. The number of sulfone groups is 1. The Balaban J connectivity index is 1.63. The number of amides is 1. The van der Waals surface area contributed by atoms with Crippen LogP contribution in [0.25, 0.3) is 0 Å². The number of hydrogen-bond donors (Lipinski definition) is 1. The van der Waals surface area contributed by atoms with Crippen LogP contribution in [0.3, 0.4) is 0 Å². The minimum Gasteiger partial charge on any atom is -0.366 e. The maximum Gasteiger partial charge on any atom is 0.293 e. The molecule has 1 heterocycles. The Bertz CT molecular complexity index is 1040. The molecule has 1 N–H and O–H groups in total. The minimum atomic E-state index is -3.53. The number of carbonyl (C=O) groups is 1. The van der Waals surface area contributed by atoms with Crippen molar-refractivity contribution < 1.29 is 18.1 Å². The summed E-state index contributed by atoms with van der Waals surface area (Å²) in [4.78, 5) is 25.2. The zero-order valence-corrected chi connectivity index (χ0v) is 17.8. The van der Waals surface area contributed by atoms with Crippen LogP contribution in [0.5, 0.6) is 0 Å². The molecule has 1 aliphatic heterocycles. The van der Waals surface area contributed by atoms with Gasteiger partial charge in [0.05, 0.1) is 9.82 Å². The van der Waals surface area contributed by atoms with Crippen molar-refractivity contribution in [3.05, 3.63) is 63.7 Å². The lowest BCUT2D eigenvalue weighted by molar-refractivity contribution is -0.384. The van der Waals surface area contributed by atoms with Gasteiger partial charge in [0.2, 0.25) is 5.91 Å². The van der Waals surface area contributed by atoms with Gasteiger partial charge in [-0.05, 0) is 37.5 Å². The van der Waals surface area contributed by atoms with Crippen LogP contribution in [0, 0.1) is 23.0 Å². The van der Waals surface area contributed by atoms with Crippen LogP contribution < -0.4 is 10.2 Å². The first-order valence-corrected chi connectivity index (χ1v) is 11.6. The molecule has 8 nitrogen and oxygen atoms in total. The van der Waals surface area contributed by atoms with Crippen LogP contribution in [0.15, 0.2) is 47.4 Å². The third kappa shape index (κ3) is 5.15. The van der Waals surface area contributed by atoms with E-state index in [9.17, 15) is 23.3 Å². The molecule has 0 aliphatic carbocycles. The van der Waals surface area contributed by atoms with Crippen molar-refractivity contribution in [3.63, 3.8) is 0 Å². The highest BCUT2D eigenvalue weighted by molar-refractivity contribution is 7.90. The van der Waals surface area contributed by atoms with Gasteiger partial charge in [-0.15, -0.1) is 0 Å². The second-order valence-corrected chi connectivity index (χ2v) is 9.66. The molecule has 0 spiro atoms. The first-order chi connectivity index (χ1) is 14.1. The smallest absolute Gasteiger partial charge is 0.293 e. The molecule has 1 amide bonds. The molecule has 1 fully saturated rings. The van der Waals surface area contributed by atoms with Crippen LogP contribution in [-0.2, 0) is 21.2 Å². The standard InChI is InChI=1S/C21H25N3O5S/c1-15-3-5-16(6-4-15)14-22-21(25)17-9-11-23(12-10-17)19-8-7-18(30(2,28)29)13-20(19)24(26)27/h3-8,13,17H,9-12,14H2,1-2H3,(H,22,25). The summed E-state index contributed by atoms with van der Waals surface area (Å²) in [7, 11) is -3.53. The normalized spacial score (nSPS) is 15.1. The van der Waals surface area contributed by atoms with Gasteiger partial charge in [-0.3, -0.25) is 14.9 Å². The van der Waals surface area contributed by atoms with Crippen molar-refractivity contribution in [3.8, 4) is 0 Å². The summed E-state index contributed by atoms with van der Waals surface area (Å²) in [6, 6.07) is 11.9. The maximum atomic E-state index is 12.5. The van der Waals surface area contributed by atoms with Crippen molar-refractivity contribution in [2.45, 2.75) is 31.2 Å². The molecule has 1 saturated heterocycles. The molecule has 0 bridgehead atoms. The SMILES string of the molecule is Cc1ccc(CNC(=O)C2CCN(c3ccc(S(C)(=O)=O)cc3[N+](=O)[O-])CC2)cc1. The molecule has 0 radical (unpaired) electrons. The summed E-state index contributed by atoms with van der Waals surface area (Å²) in [5.41, 5.74) is 2.34. The average molecular weight is 432 g/mol. The average Bonchev–Trinajstić information content (AvgIpc) is 2.72. The number of benzene rings is 2. The molecule has 0 aromatic heterocycles. The fourth-order valence-electron chi connectivity index (χ4n) is 3.57. The molecule has 3 rings (SSSR count). The molecular formula is C21H25N3O5S. The van der Waals surface area contributed by atoms with E-state index < -0.39 is 14.8 Å². The fraction of sp³-hybridized carbons (Fsp3) is 0.381. The zero-order chi connectivity index (χ0) is 21.9. The highest BCUT2D eigenvalue weighted by Gasteiger charge is 2.29. The van der Waals surface area contributed by atoms with E-state index in [4.69, 9.17) is 0 Å². The zero-order valence-electron chi connectivity index (χ0n) is 17.0. The summed E-state index contributed by atoms with van der Waals surface area (Å²) < 4.78 is 23.4. The first kappa shape index (κ1) is 21.8. The van der Waals surface area contributed by atoms with Gasteiger partial charge in [0.15, 0.2) is 9.84 Å². The van der Waals surface area contributed by atoms with Gasteiger partial charge in [0.1, 0.15) is 5.69 Å². The van der Waals surface area contributed by atoms with Gasteiger partial charge >= 0.3 is 0 Å². The van der Waals surface area contributed by atoms with Crippen LogP contribution >= 0.6 is 0 Å². The number of hydrogen-bond acceptors (Lipinski definition) is 6. The topological polar surface area (TPSA) is 110 Å². The van der Waals surface area contributed by atoms with Crippen LogP contribution in [0.1, 0.15) is 24.0 Å². The molecular weight excluding hydrogens is 406 g/mol. The second-order valence-electron chi connectivity index (χ2n) is 7.64. The third-order valence-electron chi connectivity index (χ3n) is 5.37. The van der Waals surface area contributed by atoms with Crippen molar-refractivity contribution in [2.24, 2.45) is 5.92 Å². The lowest BCUT2D eigenvalue weighted by Crippen LogP contribution is -2.40. The maximum absolute atomic E-state index is 12.5. The van der Waals surface area contributed by atoms with Crippen LogP contribution in [-0.4, -0.2) is 38.6 Å². The number of nitrogens with one attached hydrogen (secondary N) is 1. The number of nitrogens with zero attached hydrogens (tertiary/aromatic N) is 2. The Labute approximate surface area is 176 Å². The Morgan fingerprint density at radius 3 is 2.37 bits per heavy atom. The summed E-state index contributed by atoms with van der Waals surface area (Å²) >= 11 is 0. The number of carbonyl (C=O) groups excluding carboxylic acids is 1. The summed E-state index contributed by atoms with van der Waals surface area (Å²) in [5.74, 6) is -0.168. The largest absolute Gasteiger partial charge is 0.366 e. The predicted octanol–water partition coefficient (Wildman–Crippen LogP) is 2.84. The van der Waals surface area contributed by atoms with E-state index in [0.29, 0.717) is 38.2 Å². The third-order valence-corrected chi connectivity index (χ3v) is 6.48. The van der Waals surface area contributed by atoms with Gasteiger partial charge in [-0.2, -0.15) is 0 Å². The molecule has 0 saturated carbocycles. The van der Waals surface area contributed by atoms with Gasteiger partial charge in [0.25, 0.3) is 5.69 Å². The molecule has 2 aromatic carbocycles. The molecule has 1 aliphatic rings. The summed E-state index contributed by atoms with van der Waals surface area (Å²) in [6.45, 7) is 3.45. The second kappa shape index (κ2) is 8.83. The Kier molecular flexibility index (Phi) is 6.40. The van der Waals surface area contributed by atoms with Crippen molar-refractivity contribution >= 4 is 27.1 Å². The van der Waals surface area contributed by atoms with Gasteiger partial charge in [0, 0.05) is 37.9 Å². The first-order valence-electron chi connectivity index (χ1n) is 9.72.